The molecule has 0 aliphatic carbocycles. The van der Waals surface area contributed by atoms with Crippen LogP contribution in [-0.4, -0.2) is 59.5 Å². The van der Waals surface area contributed by atoms with E-state index in [4.69, 9.17) is 37.4 Å². The van der Waals surface area contributed by atoms with Crippen LogP contribution in [0.3, 0.4) is 0 Å². The molecule has 35 heavy (non-hydrogen) atoms. The molecule has 0 aromatic heterocycles. The Kier molecular flexibility index (Phi) is 12.2. The Bertz CT molecular complexity index is 918. The molecule has 0 radical (unpaired) electrons. The van der Waals surface area contributed by atoms with Gasteiger partial charge in [0, 0.05) is 23.8 Å². The highest BCUT2D eigenvalue weighted by Crippen LogP contribution is 2.08. The minimum absolute atomic E-state index is 0.00719. The lowest BCUT2D eigenvalue weighted by Gasteiger charge is -2.25. The van der Waals surface area contributed by atoms with E-state index in [0.29, 0.717) is 0 Å². The van der Waals surface area contributed by atoms with E-state index in [1.54, 1.807) is 38.1 Å². The molecule has 0 saturated carbocycles. The summed E-state index contributed by atoms with van der Waals surface area (Å²) in [6.45, 7) is 3.40. The van der Waals surface area contributed by atoms with Crippen LogP contribution in [0.1, 0.15) is 25.0 Å². The van der Waals surface area contributed by atoms with Crippen molar-refractivity contribution in [3.8, 4) is 0 Å². The third-order valence-electron chi connectivity index (χ3n) is 4.59. The van der Waals surface area contributed by atoms with E-state index in [9.17, 15) is 14.4 Å². The second kappa shape index (κ2) is 15.1. The summed E-state index contributed by atoms with van der Waals surface area (Å²) >= 11 is 12.1. The first kappa shape index (κ1) is 28.3. The van der Waals surface area contributed by atoms with Crippen molar-refractivity contribution in [1.29, 1.82) is 0 Å². The number of alkyl halides is 2. The molecule has 3 atom stereocenters. The van der Waals surface area contributed by atoms with E-state index in [1.807, 2.05) is 36.4 Å². The first-order valence-electron chi connectivity index (χ1n) is 11.1. The maximum absolute atomic E-state index is 12.7. The van der Waals surface area contributed by atoms with Gasteiger partial charge in [-0.25, -0.2) is 14.4 Å². The fourth-order valence-electron chi connectivity index (χ4n) is 2.98. The molecule has 0 heterocycles. The van der Waals surface area contributed by atoms with Crippen molar-refractivity contribution in [2.45, 2.75) is 43.9 Å². The number of esters is 1. The summed E-state index contributed by atoms with van der Waals surface area (Å²) in [5.74, 6) is -0.777. The first-order valence-corrected chi connectivity index (χ1v) is 12.0. The zero-order valence-electron chi connectivity index (χ0n) is 19.7. The molecule has 2 aromatic rings. The Morgan fingerprint density at radius 2 is 1.29 bits per heavy atom. The molecule has 0 spiro atoms. The highest BCUT2D eigenvalue weighted by Gasteiger charge is 2.27. The molecule has 0 aliphatic rings. The quantitative estimate of drug-likeness (QED) is 0.245. The third kappa shape index (κ3) is 11.3. The molecule has 2 rings (SSSR count). The Labute approximate surface area is 215 Å². The van der Waals surface area contributed by atoms with Gasteiger partial charge < -0.3 is 24.4 Å². The van der Waals surface area contributed by atoms with Crippen LogP contribution in [0.5, 0.6) is 0 Å². The molecule has 0 saturated heterocycles. The molecule has 2 amide bonds. The van der Waals surface area contributed by atoms with Crippen LogP contribution in [0.15, 0.2) is 60.7 Å². The molecule has 0 aliphatic heterocycles. The first-order chi connectivity index (χ1) is 16.7. The lowest BCUT2D eigenvalue weighted by Crippen LogP contribution is -2.47. The number of halogens is 2. The summed E-state index contributed by atoms with van der Waals surface area (Å²) in [7, 11) is 0. The molecule has 10 heteroatoms. The molecular formula is C25H30Cl2N2O6. The van der Waals surface area contributed by atoms with Crippen molar-refractivity contribution in [2.75, 3.05) is 19.7 Å². The molecular weight excluding hydrogens is 495 g/mol. The van der Waals surface area contributed by atoms with Gasteiger partial charge >= 0.3 is 18.2 Å². The number of carbonyl (C=O) groups is 3. The number of rotatable bonds is 12. The van der Waals surface area contributed by atoms with Crippen LogP contribution in [0, 0.1) is 0 Å². The number of alkyl carbamates (subject to hydrolysis) is 1. The number of nitrogens with zero attached hydrogens (tertiary/aromatic N) is 1. The number of nitrogens with one attached hydrogen (secondary N) is 1. The van der Waals surface area contributed by atoms with Crippen LogP contribution in [-0.2, 0) is 32.2 Å². The third-order valence-corrected chi connectivity index (χ3v) is 4.86. The average molecular weight is 525 g/mol. The van der Waals surface area contributed by atoms with Crippen LogP contribution in [0.4, 0.5) is 9.59 Å². The lowest BCUT2D eigenvalue weighted by molar-refractivity contribution is -0.148. The zero-order chi connectivity index (χ0) is 25.6. The van der Waals surface area contributed by atoms with Crippen molar-refractivity contribution in [3.63, 3.8) is 0 Å². The fraction of sp³-hybridized carbons (Fsp3) is 0.400. The number of amides is 2. The van der Waals surface area contributed by atoms with Gasteiger partial charge in [-0.1, -0.05) is 60.7 Å². The number of benzene rings is 2. The van der Waals surface area contributed by atoms with Crippen molar-refractivity contribution in [3.05, 3.63) is 71.8 Å². The van der Waals surface area contributed by atoms with E-state index in [-0.39, 0.29) is 37.1 Å². The van der Waals surface area contributed by atoms with E-state index >= 15 is 0 Å². The predicted molar refractivity (Wildman–Crippen MR) is 133 cm³/mol. The van der Waals surface area contributed by atoms with Gasteiger partial charge in [0.05, 0.1) is 0 Å². The van der Waals surface area contributed by atoms with Gasteiger partial charge in [0.2, 0.25) is 0 Å². The Hall–Kier alpha value is -2.97. The average Bonchev–Trinajstić information content (AvgIpc) is 2.84. The smallest absolute Gasteiger partial charge is 0.409 e. The molecule has 2 aromatic carbocycles. The summed E-state index contributed by atoms with van der Waals surface area (Å²) < 4.78 is 15.8. The summed E-state index contributed by atoms with van der Waals surface area (Å²) in [5, 5.41) is 1.74. The van der Waals surface area contributed by atoms with Gasteiger partial charge in [0.1, 0.15) is 19.8 Å². The lowest BCUT2D eigenvalue weighted by atomic mass is 10.2. The molecule has 1 N–H and O–H groups in total. The molecule has 8 nitrogen and oxygen atoms in total. The molecule has 0 bridgehead atoms. The van der Waals surface area contributed by atoms with Gasteiger partial charge in [-0.15, -0.1) is 23.2 Å². The highest BCUT2D eigenvalue weighted by molar-refractivity contribution is 6.21. The molecule has 3 unspecified atom stereocenters. The fourth-order valence-corrected chi connectivity index (χ4v) is 3.32. The van der Waals surface area contributed by atoms with Crippen molar-refractivity contribution in [2.24, 2.45) is 0 Å². The largest absolute Gasteiger partial charge is 0.459 e. The van der Waals surface area contributed by atoms with Crippen LogP contribution in [0.25, 0.3) is 0 Å². The summed E-state index contributed by atoms with van der Waals surface area (Å²) in [5.41, 5.74) is 1.54. The SMILES string of the molecule is CC(Cl)CN(CC(C)Cl)C(=O)OCC(NC(=O)OCc1ccccc1)C(=O)OCc1ccccc1. The highest BCUT2D eigenvalue weighted by atomic mass is 35.5. The van der Waals surface area contributed by atoms with E-state index in [2.05, 4.69) is 5.32 Å². The number of carbonyl (C=O) groups excluding carboxylic acids is 3. The summed E-state index contributed by atoms with van der Waals surface area (Å²) in [6.07, 6.45) is -1.57. The minimum Gasteiger partial charge on any atom is -0.459 e. The topological polar surface area (TPSA) is 94.2 Å². The van der Waals surface area contributed by atoms with Crippen LogP contribution in [0.2, 0.25) is 0 Å². The van der Waals surface area contributed by atoms with Crippen LogP contribution >= 0.6 is 23.2 Å². The Balaban J connectivity index is 2.00. The van der Waals surface area contributed by atoms with Gasteiger partial charge in [0.25, 0.3) is 0 Å². The number of hydrogen-bond donors (Lipinski definition) is 1. The Morgan fingerprint density at radius 1 is 0.800 bits per heavy atom. The van der Waals surface area contributed by atoms with Gasteiger partial charge in [-0.3, -0.25) is 0 Å². The Morgan fingerprint density at radius 3 is 1.77 bits per heavy atom. The van der Waals surface area contributed by atoms with Gasteiger partial charge in [-0.05, 0) is 25.0 Å². The number of hydrogen-bond acceptors (Lipinski definition) is 6. The predicted octanol–water partition coefficient (Wildman–Crippen LogP) is 4.72. The number of ether oxygens (including phenoxy) is 3. The normalized spacial score (nSPS) is 13.1. The van der Waals surface area contributed by atoms with E-state index in [1.165, 1.54) is 4.90 Å². The van der Waals surface area contributed by atoms with Crippen LogP contribution < -0.4 is 5.32 Å². The van der Waals surface area contributed by atoms with Crippen molar-refractivity contribution in [1.82, 2.24) is 10.2 Å². The zero-order valence-corrected chi connectivity index (χ0v) is 21.2. The summed E-state index contributed by atoms with van der Waals surface area (Å²) in [4.78, 5) is 39.0. The van der Waals surface area contributed by atoms with Crippen molar-refractivity contribution < 1.29 is 28.6 Å². The summed E-state index contributed by atoms with van der Waals surface area (Å²) in [6, 6.07) is 16.8. The molecule has 0 fully saturated rings. The van der Waals surface area contributed by atoms with Crippen molar-refractivity contribution >= 4 is 41.4 Å². The van der Waals surface area contributed by atoms with E-state index < -0.39 is 30.8 Å². The van der Waals surface area contributed by atoms with Gasteiger partial charge in [0.15, 0.2) is 6.04 Å². The maximum Gasteiger partial charge on any atom is 0.409 e. The monoisotopic (exact) mass is 524 g/mol. The van der Waals surface area contributed by atoms with Gasteiger partial charge in [-0.2, -0.15) is 0 Å². The van der Waals surface area contributed by atoms with E-state index in [0.717, 1.165) is 11.1 Å². The molecule has 190 valence electrons. The second-order valence-corrected chi connectivity index (χ2v) is 9.39. The maximum atomic E-state index is 12.7. The minimum atomic E-state index is -1.28. The second-order valence-electron chi connectivity index (χ2n) is 7.90. The standard InChI is InChI=1S/C25H30Cl2N2O6/c1-18(26)13-29(14-19(2)27)25(32)35-17-22(23(30)33-15-20-9-5-3-6-10-20)28-24(31)34-16-21-11-7-4-8-12-21/h3-12,18-19,22H,13-17H2,1-2H3,(H,28,31).